The third-order valence-corrected chi connectivity index (χ3v) is 4.91. The van der Waals surface area contributed by atoms with Gasteiger partial charge in [0.15, 0.2) is 0 Å². The molecule has 0 bridgehead atoms. The number of aromatic nitrogens is 2. The Balaban J connectivity index is 1.96. The molecule has 0 aliphatic heterocycles. The number of benzene rings is 1. The molecular weight excluding hydrogens is 320 g/mol. The first kappa shape index (κ1) is 17.3. The number of unbranched alkanes of at least 4 members (excludes halogenated alkanes) is 5. The van der Waals surface area contributed by atoms with Crippen LogP contribution < -0.4 is 22.2 Å². The zero-order valence-corrected chi connectivity index (χ0v) is 14.6. The van der Waals surface area contributed by atoms with Crippen LogP contribution in [0.1, 0.15) is 45.4 Å². The molecule has 3 rings (SSSR count). The Morgan fingerprint density at radius 2 is 1.12 bits per heavy atom. The zero-order chi connectivity index (χ0) is 18.1. The van der Waals surface area contributed by atoms with Gasteiger partial charge in [-0.15, -0.1) is 0 Å². The van der Waals surface area contributed by atoms with E-state index in [1.54, 1.807) is 0 Å². The van der Waals surface area contributed by atoms with Gasteiger partial charge in [-0.3, -0.25) is 28.3 Å². The van der Waals surface area contributed by atoms with Crippen molar-refractivity contribution >= 4 is 21.5 Å². The molecule has 2 heterocycles. The normalized spacial score (nSPS) is 11.8. The Morgan fingerprint density at radius 1 is 0.680 bits per heavy atom. The maximum absolute atomic E-state index is 12.5. The third kappa shape index (κ3) is 2.86. The smallest absolute Gasteiger partial charge is 0.261 e. The summed E-state index contributed by atoms with van der Waals surface area (Å²) in [5.74, 6) is 0. The van der Waals surface area contributed by atoms with E-state index in [2.05, 4.69) is 6.92 Å². The highest BCUT2D eigenvalue weighted by Crippen LogP contribution is 2.14. The number of nitrogens with zero attached hydrogens (tertiary/aromatic N) is 2. The second-order valence-electron chi connectivity index (χ2n) is 6.64. The van der Waals surface area contributed by atoms with Crippen LogP contribution in [0.25, 0.3) is 21.5 Å². The molecule has 0 unspecified atom stereocenters. The molecule has 0 spiro atoms. The van der Waals surface area contributed by atoms with Gasteiger partial charge in [-0.2, -0.15) is 0 Å². The van der Waals surface area contributed by atoms with Crippen LogP contribution in [0.3, 0.4) is 0 Å². The van der Waals surface area contributed by atoms with Crippen LogP contribution in [0.15, 0.2) is 31.3 Å². The topological polar surface area (TPSA) is 78.1 Å². The summed E-state index contributed by atoms with van der Waals surface area (Å²) in [7, 11) is 1.39. The van der Waals surface area contributed by atoms with Crippen molar-refractivity contribution in [2.45, 2.75) is 52.0 Å². The van der Waals surface area contributed by atoms with Crippen molar-refractivity contribution in [3.63, 3.8) is 0 Å². The van der Waals surface area contributed by atoms with Crippen molar-refractivity contribution in [3.05, 3.63) is 53.5 Å². The minimum absolute atomic E-state index is 0.203. The predicted molar refractivity (Wildman–Crippen MR) is 99.2 cm³/mol. The van der Waals surface area contributed by atoms with E-state index in [0.29, 0.717) is 6.54 Å². The van der Waals surface area contributed by atoms with Gasteiger partial charge in [0, 0.05) is 13.6 Å². The summed E-state index contributed by atoms with van der Waals surface area (Å²) >= 11 is 0. The highest BCUT2D eigenvalue weighted by Gasteiger charge is 2.17. The number of rotatable bonds is 7. The Labute approximate surface area is 144 Å². The van der Waals surface area contributed by atoms with Gasteiger partial charge in [-0.25, -0.2) is 0 Å². The Kier molecular flexibility index (Phi) is 4.70. The van der Waals surface area contributed by atoms with E-state index in [0.717, 1.165) is 23.8 Å². The van der Waals surface area contributed by atoms with Crippen molar-refractivity contribution in [3.8, 4) is 0 Å². The van der Waals surface area contributed by atoms with Gasteiger partial charge in [0.1, 0.15) is 0 Å². The fourth-order valence-corrected chi connectivity index (χ4v) is 3.40. The van der Waals surface area contributed by atoms with Crippen molar-refractivity contribution < 1.29 is 0 Å². The van der Waals surface area contributed by atoms with E-state index in [9.17, 15) is 19.2 Å². The lowest BCUT2D eigenvalue weighted by atomic mass is 10.1. The largest absolute Gasteiger partial charge is 0.277 e. The molecule has 0 N–H and O–H groups in total. The van der Waals surface area contributed by atoms with Gasteiger partial charge in [0.2, 0.25) is 0 Å². The van der Waals surface area contributed by atoms with Crippen molar-refractivity contribution in [2.24, 2.45) is 7.05 Å². The summed E-state index contributed by atoms with van der Waals surface area (Å²) in [5.41, 5.74) is -1.60. The van der Waals surface area contributed by atoms with Gasteiger partial charge in [0.05, 0.1) is 21.5 Å². The average molecular weight is 342 g/mol. The molecule has 0 atom stereocenters. The van der Waals surface area contributed by atoms with Gasteiger partial charge in [-0.05, 0) is 18.6 Å². The molecule has 0 saturated carbocycles. The summed E-state index contributed by atoms with van der Waals surface area (Å²) in [6, 6.07) is 2.80. The fraction of sp³-hybridized carbons (Fsp3) is 0.474. The molecule has 0 amide bonds. The molecule has 3 aromatic rings. The van der Waals surface area contributed by atoms with E-state index in [1.165, 1.54) is 43.0 Å². The van der Waals surface area contributed by atoms with Crippen LogP contribution in [0.2, 0.25) is 0 Å². The van der Waals surface area contributed by atoms with Gasteiger partial charge in [0.25, 0.3) is 22.2 Å². The molecule has 6 nitrogen and oxygen atoms in total. The molecule has 0 saturated heterocycles. The average Bonchev–Trinajstić information content (AvgIpc) is 2.97. The predicted octanol–water partition coefficient (Wildman–Crippen LogP) is 1.81. The van der Waals surface area contributed by atoms with Gasteiger partial charge < -0.3 is 0 Å². The number of fused-ring (bicyclic) bond motifs is 2. The van der Waals surface area contributed by atoms with Crippen molar-refractivity contribution in [1.82, 2.24) is 9.13 Å². The van der Waals surface area contributed by atoms with Crippen LogP contribution in [0.5, 0.6) is 0 Å². The molecule has 0 fully saturated rings. The quantitative estimate of drug-likeness (QED) is 0.614. The SMILES string of the molecule is CCCCCCCCn1c(=O)c2cc3c(=O)n(C)c(=O)c3cc2c1=O. The Hall–Kier alpha value is -2.50. The standard InChI is InChI=1S/C19H22N2O4/c1-3-4-5-6-7-8-9-21-18(24)14-10-12-13(11-15(14)19(21)25)17(23)20(2)16(12)22/h10-11H,3-9H2,1-2H3. The molecule has 25 heavy (non-hydrogen) atoms. The summed E-state index contributed by atoms with van der Waals surface area (Å²) < 4.78 is 2.24. The lowest BCUT2D eigenvalue weighted by molar-refractivity contribution is 0.547. The first-order chi connectivity index (χ1) is 12.0. The van der Waals surface area contributed by atoms with E-state index in [4.69, 9.17) is 0 Å². The van der Waals surface area contributed by atoms with Crippen LogP contribution in [0, 0.1) is 0 Å². The second kappa shape index (κ2) is 6.78. The highest BCUT2D eigenvalue weighted by molar-refractivity contribution is 5.97. The second-order valence-corrected chi connectivity index (χ2v) is 6.64. The molecule has 0 radical (unpaired) electrons. The molecule has 132 valence electrons. The molecule has 0 aliphatic rings. The first-order valence-electron chi connectivity index (χ1n) is 8.84. The van der Waals surface area contributed by atoms with Crippen LogP contribution in [0.4, 0.5) is 0 Å². The Morgan fingerprint density at radius 3 is 1.64 bits per heavy atom. The summed E-state index contributed by atoms with van der Waals surface area (Å²) in [6.45, 7) is 2.54. The first-order valence-corrected chi connectivity index (χ1v) is 8.84. The molecule has 2 aromatic heterocycles. The molecule has 6 heteroatoms. The van der Waals surface area contributed by atoms with E-state index in [1.807, 2.05) is 0 Å². The zero-order valence-electron chi connectivity index (χ0n) is 14.6. The van der Waals surface area contributed by atoms with Crippen LogP contribution >= 0.6 is 0 Å². The van der Waals surface area contributed by atoms with Gasteiger partial charge >= 0.3 is 0 Å². The minimum atomic E-state index is -0.433. The summed E-state index contributed by atoms with van der Waals surface area (Å²) in [6.07, 6.45) is 6.40. The maximum Gasteiger partial charge on any atom is 0.261 e. The Bertz CT molecular complexity index is 1050. The molecular formula is C19H22N2O4. The fourth-order valence-electron chi connectivity index (χ4n) is 3.40. The van der Waals surface area contributed by atoms with E-state index < -0.39 is 11.1 Å². The van der Waals surface area contributed by atoms with Crippen LogP contribution in [-0.4, -0.2) is 9.13 Å². The maximum atomic E-state index is 12.5. The van der Waals surface area contributed by atoms with Gasteiger partial charge in [-0.1, -0.05) is 39.0 Å². The molecule has 1 aromatic carbocycles. The lowest BCUT2D eigenvalue weighted by Gasteiger charge is -2.01. The van der Waals surface area contributed by atoms with E-state index >= 15 is 0 Å². The molecule has 0 aliphatic carbocycles. The van der Waals surface area contributed by atoms with Crippen LogP contribution in [-0.2, 0) is 13.6 Å². The monoisotopic (exact) mass is 342 g/mol. The lowest BCUT2D eigenvalue weighted by Crippen LogP contribution is -2.25. The minimum Gasteiger partial charge on any atom is -0.277 e. The van der Waals surface area contributed by atoms with Crippen molar-refractivity contribution in [2.75, 3.05) is 0 Å². The summed E-state index contributed by atoms with van der Waals surface area (Å²) in [5, 5.41) is 0.861. The summed E-state index contributed by atoms with van der Waals surface area (Å²) in [4.78, 5) is 49.2. The number of hydrogen-bond donors (Lipinski definition) is 0. The van der Waals surface area contributed by atoms with E-state index in [-0.39, 0.29) is 32.7 Å². The number of hydrogen-bond acceptors (Lipinski definition) is 4. The van der Waals surface area contributed by atoms with Crippen molar-refractivity contribution in [1.29, 1.82) is 0 Å². The third-order valence-electron chi connectivity index (χ3n) is 4.91. The highest BCUT2D eigenvalue weighted by atomic mass is 16.2.